The van der Waals surface area contributed by atoms with E-state index in [1.807, 2.05) is 38.0 Å². The third-order valence-corrected chi connectivity index (χ3v) is 5.42. The second-order valence-corrected chi connectivity index (χ2v) is 7.34. The SMILES string of the molecule is CCC1CN(C(=NC)NCc2ccc(N(C)C)c(F)c2)CCS1.I. The molecule has 1 aromatic carbocycles. The average Bonchev–Trinajstić information content (AvgIpc) is 2.55. The first-order valence-electron chi connectivity index (χ1n) is 8.08. The van der Waals surface area contributed by atoms with Gasteiger partial charge in [-0.15, -0.1) is 24.0 Å². The predicted octanol–water partition coefficient (Wildman–Crippen LogP) is 3.41. The van der Waals surface area contributed by atoms with Crippen LogP contribution in [0.5, 0.6) is 0 Å². The number of thioether (sulfide) groups is 1. The van der Waals surface area contributed by atoms with Gasteiger partial charge in [-0.2, -0.15) is 11.8 Å². The minimum Gasteiger partial charge on any atom is -0.375 e. The first-order chi connectivity index (χ1) is 11.0. The molecule has 24 heavy (non-hydrogen) atoms. The zero-order valence-electron chi connectivity index (χ0n) is 14.9. The van der Waals surface area contributed by atoms with E-state index in [2.05, 4.69) is 22.1 Å². The molecule has 136 valence electrons. The molecule has 0 spiro atoms. The van der Waals surface area contributed by atoms with Crippen LogP contribution in [-0.4, -0.2) is 56.1 Å². The molecule has 0 aliphatic carbocycles. The number of anilines is 1. The van der Waals surface area contributed by atoms with E-state index < -0.39 is 0 Å². The van der Waals surface area contributed by atoms with Gasteiger partial charge in [0.15, 0.2) is 5.96 Å². The Kier molecular flexibility index (Phi) is 9.18. The van der Waals surface area contributed by atoms with Crippen molar-refractivity contribution >= 4 is 47.4 Å². The molecule has 0 bridgehead atoms. The number of nitrogens with one attached hydrogen (secondary N) is 1. The third-order valence-electron chi connectivity index (χ3n) is 4.05. The van der Waals surface area contributed by atoms with Crippen LogP contribution in [0.2, 0.25) is 0 Å². The Labute approximate surface area is 166 Å². The minimum atomic E-state index is -0.190. The van der Waals surface area contributed by atoms with Crippen LogP contribution < -0.4 is 10.2 Å². The van der Waals surface area contributed by atoms with Crippen molar-refractivity contribution in [3.05, 3.63) is 29.6 Å². The van der Waals surface area contributed by atoms with Crippen molar-refractivity contribution in [2.45, 2.75) is 25.1 Å². The molecule has 1 fully saturated rings. The monoisotopic (exact) mass is 466 g/mol. The molecule has 7 heteroatoms. The van der Waals surface area contributed by atoms with Gasteiger partial charge in [-0.05, 0) is 24.1 Å². The standard InChI is InChI=1S/C17H27FN4S.HI/c1-5-14-12-22(8-9-23-14)17(19-2)20-11-13-6-7-16(21(3)4)15(18)10-13;/h6-7,10,14H,5,8-9,11-12H2,1-4H3,(H,19,20);1H. The average molecular weight is 466 g/mol. The summed E-state index contributed by atoms with van der Waals surface area (Å²) in [4.78, 5) is 8.46. The number of aliphatic imine (C=N–C) groups is 1. The highest BCUT2D eigenvalue weighted by Crippen LogP contribution is 2.21. The predicted molar refractivity (Wildman–Crippen MR) is 114 cm³/mol. The Morgan fingerprint density at radius 1 is 1.46 bits per heavy atom. The normalized spacial score (nSPS) is 18.1. The summed E-state index contributed by atoms with van der Waals surface area (Å²) < 4.78 is 14.0. The number of guanidine groups is 1. The summed E-state index contributed by atoms with van der Waals surface area (Å²) >= 11 is 2.04. The van der Waals surface area contributed by atoms with Crippen LogP contribution in [-0.2, 0) is 6.54 Å². The van der Waals surface area contributed by atoms with Crippen molar-refractivity contribution in [3.63, 3.8) is 0 Å². The third kappa shape index (κ3) is 5.68. The maximum absolute atomic E-state index is 14.0. The second-order valence-electron chi connectivity index (χ2n) is 5.93. The molecule has 1 aliphatic heterocycles. The quantitative estimate of drug-likeness (QED) is 0.419. The lowest BCUT2D eigenvalue weighted by atomic mass is 10.2. The molecule has 0 aromatic heterocycles. The van der Waals surface area contributed by atoms with Gasteiger partial charge in [-0.3, -0.25) is 4.99 Å². The molecule has 0 radical (unpaired) electrons. The van der Waals surface area contributed by atoms with Gasteiger partial charge >= 0.3 is 0 Å². The van der Waals surface area contributed by atoms with Gasteiger partial charge in [0.2, 0.25) is 0 Å². The lowest BCUT2D eigenvalue weighted by Crippen LogP contribution is -2.47. The lowest BCUT2D eigenvalue weighted by Gasteiger charge is -2.34. The first-order valence-corrected chi connectivity index (χ1v) is 9.13. The number of benzene rings is 1. The largest absolute Gasteiger partial charge is 0.375 e. The molecule has 1 heterocycles. The fourth-order valence-corrected chi connectivity index (χ4v) is 3.88. The van der Waals surface area contributed by atoms with Crippen LogP contribution in [0.15, 0.2) is 23.2 Å². The van der Waals surface area contributed by atoms with Gasteiger partial charge in [-0.25, -0.2) is 4.39 Å². The van der Waals surface area contributed by atoms with Crippen molar-refractivity contribution in [1.82, 2.24) is 10.2 Å². The van der Waals surface area contributed by atoms with Gasteiger partial charge in [-0.1, -0.05) is 13.0 Å². The van der Waals surface area contributed by atoms with Crippen molar-refractivity contribution in [2.75, 3.05) is 44.9 Å². The highest BCUT2D eigenvalue weighted by molar-refractivity contribution is 14.0. The molecule has 1 atom stereocenters. The van der Waals surface area contributed by atoms with Crippen LogP contribution in [0.3, 0.4) is 0 Å². The Bertz CT molecular complexity index is 553. The molecule has 1 aliphatic rings. The molecule has 1 N–H and O–H groups in total. The molecule has 2 rings (SSSR count). The molecule has 0 amide bonds. The zero-order chi connectivity index (χ0) is 16.8. The van der Waals surface area contributed by atoms with Gasteiger partial charge < -0.3 is 15.1 Å². The number of hydrogen-bond donors (Lipinski definition) is 1. The van der Waals surface area contributed by atoms with Crippen LogP contribution in [0.25, 0.3) is 0 Å². The molecular weight excluding hydrogens is 438 g/mol. The van der Waals surface area contributed by atoms with Crippen LogP contribution in [0.1, 0.15) is 18.9 Å². The molecular formula is C17H28FIN4S. The van der Waals surface area contributed by atoms with E-state index >= 15 is 0 Å². The summed E-state index contributed by atoms with van der Waals surface area (Å²) in [5.41, 5.74) is 1.53. The van der Waals surface area contributed by atoms with Gasteiger partial charge in [0.05, 0.1) is 5.69 Å². The van der Waals surface area contributed by atoms with Crippen LogP contribution >= 0.6 is 35.7 Å². The molecule has 1 aromatic rings. The number of hydrogen-bond acceptors (Lipinski definition) is 3. The Morgan fingerprint density at radius 2 is 2.21 bits per heavy atom. The van der Waals surface area contributed by atoms with E-state index in [0.29, 0.717) is 17.5 Å². The van der Waals surface area contributed by atoms with E-state index in [4.69, 9.17) is 0 Å². The van der Waals surface area contributed by atoms with Gasteiger partial charge in [0, 0.05) is 51.8 Å². The lowest BCUT2D eigenvalue weighted by molar-refractivity contribution is 0.408. The number of nitrogens with zero attached hydrogens (tertiary/aromatic N) is 3. The zero-order valence-corrected chi connectivity index (χ0v) is 18.0. The van der Waals surface area contributed by atoms with E-state index in [1.54, 1.807) is 18.0 Å². The maximum Gasteiger partial charge on any atom is 0.193 e. The summed E-state index contributed by atoms with van der Waals surface area (Å²) in [6, 6.07) is 5.37. The Morgan fingerprint density at radius 3 is 2.79 bits per heavy atom. The van der Waals surface area contributed by atoms with E-state index in [-0.39, 0.29) is 29.8 Å². The fraction of sp³-hybridized carbons (Fsp3) is 0.588. The minimum absolute atomic E-state index is 0. The summed E-state index contributed by atoms with van der Waals surface area (Å²) in [7, 11) is 5.49. The highest BCUT2D eigenvalue weighted by Gasteiger charge is 2.21. The van der Waals surface area contributed by atoms with Gasteiger partial charge in [0.1, 0.15) is 5.82 Å². The summed E-state index contributed by atoms with van der Waals surface area (Å²) in [6.45, 7) is 4.84. The Hall–Kier alpha value is -0.700. The van der Waals surface area contributed by atoms with Crippen molar-refractivity contribution in [3.8, 4) is 0 Å². The summed E-state index contributed by atoms with van der Waals surface area (Å²) in [5.74, 6) is 1.84. The number of rotatable bonds is 4. The fourth-order valence-electron chi connectivity index (χ4n) is 2.70. The van der Waals surface area contributed by atoms with E-state index in [9.17, 15) is 4.39 Å². The highest BCUT2D eigenvalue weighted by atomic mass is 127. The summed E-state index contributed by atoms with van der Waals surface area (Å²) in [5, 5.41) is 4.03. The molecule has 0 saturated carbocycles. The second kappa shape index (κ2) is 10.3. The first kappa shape index (κ1) is 21.3. The smallest absolute Gasteiger partial charge is 0.193 e. The number of halogens is 2. The van der Waals surface area contributed by atoms with Crippen molar-refractivity contribution in [2.24, 2.45) is 4.99 Å². The maximum atomic E-state index is 14.0. The summed E-state index contributed by atoms with van der Waals surface area (Å²) in [6.07, 6.45) is 1.18. The van der Waals surface area contributed by atoms with E-state index in [0.717, 1.165) is 30.4 Å². The van der Waals surface area contributed by atoms with Crippen LogP contribution in [0, 0.1) is 5.82 Å². The molecule has 1 unspecified atom stereocenters. The molecule has 4 nitrogen and oxygen atoms in total. The van der Waals surface area contributed by atoms with Gasteiger partial charge in [0.25, 0.3) is 0 Å². The molecule has 1 saturated heterocycles. The Balaban J connectivity index is 0.00000288. The van der Waals surface area contributed by atoms with Crippen LogP contribution in [0.4, 0.5) is 10.1 Å². The van der Waals surface area contributed by atoms with E-state index in [1.165, 1.54) is 6.42 Å². The van der Waals surface area contributed by atoms with Crippen molar-refractivity contribution < 1.29 is 4.39 Å². The van der Waals surface area contributed by atoms with Crippen molar-refractivity contribution in [1.29, 1.82) is 0 Å². The topological polar surface area (TPSA) is 30.9 Å².